The molecule has 1 N–H and O–H groups in total. The summed E-state index contributed by atoms with van der Waals surface area (Å²) in [6, 6.07) is 0. The second kappa shape index (κ2) is 4.60. The largest absolute Gasteiger partial charge is 0.377 e. The van der Waals surface area contributed by atoms with Crippen molar-refractivity contribution < 1.29 is 4.74 Å². The lowest BCUT2D eigenvalue weighted by molar-refractivity contribution is -0.0695. The Bertz CT molecular complexity index is 315. The first kappa shape index (κ1) is 11.0. The van der Waals surface area contributed by atoms with Crippen LogP contribution in [0.2, 0.25) is 0 Å². The van der Waals surface area contributed by atoms with Crippen LogP contribution in [0.1, 0.15) is 30.0 Å². The molecule has 0 unspecified atom stereocenters. The molecule has 1 aromatic heterocycles. The molecule has 1 aromatic rings. The van der Waals surface area contributed by atoms with Crippen molar-refractivity contribution >= 4 is 11.3 Å². The Kier molecular flexibility index (Phi) is 3.38. The molecule has 1 fully saturated rings. The highest BCUT2D eigenvalue weighted by Gasteiger charge is 2.36. The molecule has 4 heteroatoms. The van der Waals surface area contributed by atoms with Gasteiger partial charge in [0.25, 0.3) is 0 Å². The summed E-state index contributed by atoms with van der Waals surface area (Å²) in [4.78, 5) is 4.42. The van der Waals surface area contributed by atoms with Crippen molar-refractivity contribution in [1.29, 1.82) is 0 Å². The number of hydrogen-bond donors (Lipinski definition) is 1. The highest BCUT2D eigenvalue weighted by Crippen LogP contribution is 2.34. The van der Waals surface area contributed by atoms with E-state index in [-0.39, 0.29) is 5.60 Å². The molecule has 1 saturated carbocycles. The molecule has 0 amide bonds. The fraction of sp³-hybridized carbons (Fsp3) is 0.727. The van der Waals surface area contributed by atoms with Crippen LogP contribution in [0, 0.1) is 6.92 Å². The Labute approximate surface area is 94.9 Å². The molecule has 0 aromatic carbocycles. The third-order valence-electron chi connectivity index (χ3n) is 3.12. The van der Waals surface area contributed by atoms with Crippen LogP contribution in [0.25, 0.3) is 0 Å². The Balaban J connectivity index is 1.74. The summed E-state index contributed by atoms with van der Waals surface area (Å²) in [6.07, 6.45) is 3.67. The van der Waals surface area contributed by atoms with E-state index in [1.807, 2.05) is 14.0 Å². The maximum atomic E-state index is 5.54. The summed E-state index contributed by atoms with van der Waals surface area (Å²) >= 11 is 1.71. The topological polar surface area (TPSA) is 34.1 Å². The standard InChI is InChI=1S/C11H18N2OS/c1-9-13-10(7-15-9)6-12-8-11(14-2)4-3-5-11/h7,12H,3-6,8H2,1-2H3. The Morgan fingerprint density at radius 3 is 2.87 bits per heavy atom. The number of nitrogens with zero attached hydrogens (tertiary/aromatic N) is 1. The van der Waals surface area contributed by atoms with Gasteiger partial charge in [-0.25, -0.2) is 4.98 Å². The molecule has 2 rings (SSSR count). The van der Waals surface area contributed by atoms with Gasteiger partial charge >= 0.3 is 0 Å². The predicted octanol–water partition coefficient (Wildman–Crippen LogP) is 2.11. The molecular weight excluding hydrogens is 208 g/mol. The van der Waals surface area contributed by atoms with Crippen LogP contribution in [-0.2, 0) is 11.3 Å². The normalized spacial score (nSPS) is 18.8. The molecule has 0 atom stereocenters. The lowest BCUT2D eigenvalue weighted by atomic mass is 9.80. The van der Waals surface area contributed by atoms with Gasteiger partial charge < -0.3 is 10.1 Å². The number of aromatic nitrogens is 1. The van der Waals surface area contributed by atoms with Gasteiger partial charge in [-0.2, -0.15) is 0 Å². The molecule has 3 nitrogen and oxygen atoms in total. The first-order chi connectivity index (χ1) is 7.24. The van der Waals surface area contributed by atoms with Crippen molar-refractivity contribution in [3.05, 3.63) is 16.1 Å². The van der Waals surface area contributed by atoms with E-state index in [4.69, 9.17) is 4.74 Å². The summed E-state index contributed by atoms with van der Waals surface area (Å²) < 4.78 is 5.54. The second-order valence-corrected chi connectivity index (χ2v) is 5.26. The zero-order valence-corrected chi connectivity index (χ0v) is 10.2. The van der Waals surface area contributed by atoms with Gasteiger partial charge in [-0.05, 0) is 26.2 Å². The average Bonchev–Trinajstić information content (AvgIpc) is 2.56. The minimum atomic E-state index is 0.116. The maximum Gasteiger partial charge on any atom is 0.0897 e. The first-order valence-electron chi connectivity index (χ1n) is 5.41. The second-order valence-electron chi connectivity index (χ2n) is 4.20. The van der Waals surface area contributed by atoms with Crippen LogP contribution in [-0.4, -0.2) is 24.2 Å². The monoisotopic (exact) mass is 226 g/mol. The van der Waals surface area contributed by atoms with E-state index in [9.17, 15) is 0 Å². The molecule has 0 radical (unpaired) electrons. The van der Waals surface area contributed by atoms with Crippen molar-refractivity contribution in [2.24, 2.45) is 0 Å². The van der Waals surface area contributed by atoms with Crippen LogP contribution >= 0.6 is 11.3 Å². The molecule has 0 bridgehead atoms. The van der Waals surface area contributed by atoms with Gasteiger partial charge in [0.15, 0.2) is 0 Å². The number of thiazole rings is 1. The van der Waals surface area contributed by atoms with E-state index in [2.05, 4.69) is 15.7 Å². The van der Waals surface area contributed by atoms with Crippen LogP contribution in [0.4, 0.5) is 0 Å². The Hall–Kier alpha value is -0.450. The SMILES string of the molecule is COC1(CNCc2csc(C)n2)CCC1. The van der Waals surface area contributed by atoms with Crippen LogP contribution in [0.3, 0.4) is 0 Å². The van der Waals surface area contributed by atoms with E-state index in [0.717, 1.165) is 23.8 Å². The zero-order chi connectivity index (χ0) is 10.7. The van der Waals surface area contributed by atoms with Crippen molar-refractivity contribution in [2.45, 2.75) is 38.3 Å². The van der Waals surface area contributed by atoms with E-state index in [1.54, 1.807) is 11.3 Å². The third kappa shape index (κ3) is 2.56. The van der Waals surface area contributed by atoms with E-state index in [0.29, 0.717) is 0 Å². The van der Waals surface area contributed by atoms with Crippen molar-refractivity contribution in [2.75, 3.05) is 13.7 Å². The highest BCUT2D eigenvalue weighted by molar-refractivity contribution is 7.09. The number of aryl methyl sites for hydroxylation is 1. The smallest absolute Gasteiger partial charge is 0.0897 e. The van der Waals surface area contributed by atoms with Crippen molar-refractivity contribution in [3.63, 3.8) is 0 Å². The molecule has 0 saturated heterocycles. The highest BCUT2D eigenvalue weighted by atomic mass is 32.1. The quantitative estimate of drug-likeness (QED) is 0.835. The van der Waals surface area contributed by atoms with Gasteiger partial charge in [-0.3, -0.25) is 0 Å². The molecule has 1 aliphatic carbocycles. The summed E-state index contributed by atoms with van der Waals surface area (Å²) in [5, 5.41) is 6.68. The van der Waals surface area contributed by atoms with Crippen LogP contribution < -0.4 is 5.32 Å². The van der Waals surface area contributed by atoms with Gasteiger partial charge in [0.2, 0.25) is 0 Å². The van der Waals surface area contributed by atoms with Gasteiger partial charge in [-0.15, -0.1) is 11.3 Å². The summed E-state index contributed by atoms with van der Waals surface area (Å²) in [7, 11) is 1.81. The fourth-order valence-corrected chi connectivity index (χ4v) is 2.54. The summed E-state index contributed by atoms with van der Waals surface area (Å²) in [6.45, 7) is 3.84. The molecular formula is C11H18N2OS. The lowest BCUT2D eigenvalue weighted by Crippen LogP contribution is -2.47. The van der Waals surface area contributed by atoms with Crippen molar-refractivity contribution in [3.8, 4) is 0 Å². The molecule has 1 aliphatic rings. The molecule has 0 aliphatic heterocycles. The number of ether oxygens (including phenoxy) is 1. The fourth-order valence-electron chi connectivity index (χ4n) is 1.93. The average molecular weight is 226 g/mol. The van der Waals surface area contributed by atoms with Crippen molar-refractivity contribution in [1.82, 2.24) is 10.3 Å². The third-order valence-corrected chi connectivity index (χ3v) is 3.94. The van der Waals surface area contributed by atoms with Gasteiger partial charge in [0.05, 0.1) is 16.3 Å². The zero-order valence-electron chi connectivity index (χ0n) is 9.38. The van der Waals surface area contributed by atoms with Gasteiger partial charge in [0.1, 0.15) is 0 Å². The maximum absolute atomic E-state index is 5.54. The van der Waals surface area contributed by atoms with E-state index in [1.165, 1.54) is 19.3 Å². The number of hydrogen-bond acceptors (Lipinski definition) is 4. The minimum absolute atomic E-state index is 0.116. The molecule has 0 spiro atoms. The Morgan fingerprint density at radius 1 is 1.60 bits per heavy atom. The minimum Gasteiger partial charge on any atom is -0.377 e. The number of rotatable bonds is 5. The molecule has 15 heavy (non-hydrogen) atoms. The van der Waals surface area contributed by atoms with Gasteiger partial charge in [-0.1, -0.05) is 0 Å². The molecule has 1 heterocycles. The van der Waals surface area contributed by atoms with Crippen LogP contribution in [0.5, 0.6) is 0 Å². The van der Waals surface area contributed by atoms with E-state index < -0.39 is 0 Å². The summed E-state index contributed by atoms with van der Waals surface area (Å²) in [5.74, 6) is 0. The lowest BCUT2D eigenvalue weighted by Gasteiger charge is -2.40. The van der Waals surface area contributed by atoms with Gasteiger partial charge in [0, 0.05) is 25.6 Å². The number of methoxy groups -OCH3 is 1. The van der Waals surface area contributed by atoms with Crippen LogP contribution in [0.15, 0.2) is 5.38 Å². The number of nitrogens with one attached hydrogen (secondary N) is 1. The molecule has 84 valence electrons. The summed E-state index contributed by atoms with van der Waals surface area (Å²) in [5.41, 5.74) is 1.26. The first-order valence-corrected chi connectivity index (χ1v) is 6.29. The van der Waals surface area contributed by atoms with E-state index >= 15 is 0 Å². The predicted molar refractivity (Wildman–Crippen MR) is 62.1 cm³/mol. The Morgan fingerprint density at radius 2 is 2.40 bits per heavy atom.